The fourth-order valence-corrected chi connectivity index (χ4v) is 7.60. The number of ketones is 1. The van der Waals surface area contributed by atoms with E-state index in [4.69, 9.17) is 18.3 Å². The first-order chi connectivity index (χ1) is 21.7. The van der Waals surface area contributed by atoms with E-state index >= 15 is 0 Å². The van der Waals surface area contributed by atoms with E-state index in [-0.39, 0.29) is 28.9 Å². The molecule has 5 atom stereocenters. The summed E-state index contributed by atoms with van der Waals surface area (Å²) in [6.07, 6.45) is 7.48. The Kier molecular flexibility index (Phi) is 13.1. The Hall–Kier alpha value is -2.10. The number of aliphatic hydroxyl groups is 1. The maximum Gasteiger partial charge on any atom is 0.192 e. The van der Waals surface area contributed by atoms with Gasteiger partial charge in [0.2, 0.25) is 0 Å². The minimum absolute atomic E-state index is 0.0299. The number of allylic oxidation sites excluding steroid dienone is 2. The summed E-state index contributed by atoms with van der Waals surface area (Å²) < 4.78 is 24.6. The summed E-state index contributed by atoms with van der Waals surface area (Å²) in [6.45, 7) is 29.6. The molecule has 2 aromatic rings. The van der Waals surface area contributed by atoms with E-state index in [1.54, 1.807) is 6.08 Å². The maximum atomic E-state index is 13.9. The van der Waals surface area contributed by atoms with Gasteiger partial charge in [-0.15, -0.1) is 6.58 Å². The van der Waals surface area contributed by atoms with Gasteiger partial charge in [0.05, 0.1) is 30.3 Å². The molecular weight excluding hydrogens is 607 g/mol. The van der Waals surface area contributed by atoms with Gasteiger partial charge in [-0.3, -0.25) is 4.79 Å². The van der Waals surface area contributed by atoms with E-state index in [1.165, 1.54) is 5.57 Å². The van der Waals surface area contributed by atoms with Crippen LogP contribution >= 0.6 is 0 Å². The minimum atomic E-state index is -2.05. The lowest BCUT2D eigenvalue weighted by molar-refractivity contribution is -0.289. The second-order valence-electron chi connectivity index (χ2n) is 16.3. The van der Waals surface area contributed by atoms with E-state index in [9.17, 15) is 9.90 Å². The lowest BCUT2D eigenvalue weighted by Crippen LogP contribution is -2.52. The second-order valence-corrected chi connectivity index (χ2v) is 21.1. The predicted octanol–water partition coefficient (Wildman–Crippen LogP) is 10.0. The van der Waals surface area contributed by atoms with Crippen molar-refractivity contribution in [3.63, 3.8) is 0 Å². The molecule has 47 heavy (non-hydrogen) atoms. The molecule has 1 N–H and O–H groups in total. The third kappa shape index (κ3) is 10.2. The molecule has 0 radical (unpaired) electrons. The van der Waals surface area contributed by atoms with Crippen molar-refractivity contribution in [2.75, 3.05) is 6.61 Å². The highest BCUT2D eigenvalue weighted by molar-refractivity contribution is 6.74. The number of aryl methyl sites for hydroxylation is 1. The van der Waals surface area contributed by atoms with Crippen LogP contribution in [0.2, 0.25) is 18.1 Å². The molecule has 1 aromatic heterocycles. The predicted molar refractivity (Wildman–Crippen MR) is 194 cm³/mol. The molecule has 0 aliphatic carbocycles. The van der Waals surface area contributed by atoms with Gasteiger partial charge in [-0.2, -0.15) is 0 Å². The van der Waals surface area contributed by atoms with Gasteiger partial charge in [-0.05, 0) is 101 Å². The molecule has 1 saturated heterocycles. The van der Waals surface area contributed by atoms with Crippen molar-refractivity contribution in [3.8, 4) is 0 Å². The third-order valence-electron chi connectivity index (χ3n) is 10.5. The van der Waals surface area contributed by atoms with Crippen LogP contribution in [0.25, 0.3) is 11.1 Å². The standard InChI is InChI=1S/C39H63NO6Si/c1-14-16-30(36(42)38(8,9)34-23-24-43-39(10,11)45-34)35(41)27(3)18-15-17-26(2)19-21-32(46-47(12,13)37(5,6)7)29-20-22-33-31(25-29)40-28(4)44-33/h14,19-20,22,25,27,30,32,34-35,41H,1,15-18,21,23-24H2,2-13H3/t27-,30?,32-,34-,35-/m0/s1. The van der Waals surface area contributed by atoms with Crippen molar-refractivity contribution < 1.29 is 28.2 Å². The highest BCUT2D eigenvalue weighted by Crippen LogP contribution is 2.42. The zero-order valence-corrected chi connectivity index (χ0v) is 32.4. The first kappa shape index (κ1) is 39.3. The Balaban J connectivity index is 1.66. The maximum absolute atomic E-state index is 13.9. The van der Waals surface area contributed by atoms with E-state index in [1.807, 2.05) is 40.7 Å². The van der Waals surface area contributed by atoms with E-state index in [0.29, 0.717) is 25.3 Å². The Bertz CT molecular complexity index is 1380. The molecule has 1 aliphatic rings. The molecular formula is C39H63NO6Si. The van der Waals surface area contributed by atoms with Gasteiger partial charge in [0.15, 0.2) is 25.6 Å². The highest BCUT2D eigenvalue weighted by atomic mass is 28.4. The summed E-state index contributed by atoms with van der Waals surface area (Å²) in [7, 11) is -2.05. The molecule has 2 heterocycles. The average molecular weight is 670 g/mol. The molecule has 3 rings (SSSR count). The summed E-state index contributed by atoms with van der Waals surface area (Å²) in [5.74, 6) is -0.598. The number of benzene rings is 1. The zero-order chi connectivity index (χ0) is 35.4. The molecule has 0 bridgehead atoms. The first-order valence-corrected chi connectivity index (χ1v) is 20.4. The van der Waals surface area contributed by atoms with Crippen molar-refractivity contribution in [1.82, 2.24) is 4.98 Å². The first-order valence-electron chi connectivity index (χ1n) is 17.5. The van der Waals surface area contributed by atoms with Gasteiger partial charge < -0.3 is 23.4 Å². The summed E-state index contributed by atoms with van der Waals surface area (Å²) in [4.78, 5) is 18.5. The average Bonchev–Trinajstić information content (AvgIpc) is 3.35. The topological polar surface area (TPSA) is 91.0 Å². The van der Waals surface area contributed by atoms with Crippen LogP contribution in [0, 0.1) is 24.2 Å². The fourth-order valence-electron chi connectivity index (χ4n) is 6.30. The molecule has 1 fully saturated rings. The second kappa shape index (κ2) is 15.6. The van der Waals surface area contributed by atoms with E-state index in [2.05, 4.69) is 77.5 Å². The van der Waals surface area contributed by atoms with Crippen LogP contribution in [0.3, 0.4) is 0 Å². The number of hydrogen-bond donors (Lipinski definition) is 1. The Morgan fingerprint density at radius 2 is 1.89 bits per heavy atom. The van der Waals surface area contributed by atoms with Crippen molar-refractivity contribution in [1.29, 1.82) is 0 Å². The SMILES string of the molecule is C=CCC(C(=O)C(C)(C)[C@@H]1CCOC(C)(C)O1)[C@@H](O)[C@@H](C)CCCC(C)=CC[C@H](O[Si](C)(C)C(C)(C)C)c1ccc2oc(C)nc2c1. The molecule has 1 aliphatic heterocycles. The number of hydrogen-bond acceptors (Lipinski definition) is 7. The van der Waals surface area contributed by atoms with Crippen LogP contribution in [0.1, 0.15) is 118 Å². The summed E-state index contributed by atoms with van der Waals surface area (Å²) >= 11 is 0. The number of nitrogens with zero attached hydrogens (tertiary/aromatic N) is 1. The normalized spacial score (nSPS) is 20.5. The number of oxazole rings is 1. The Labute approximate surface area is 285 Å². The molecule has 264 valence electrons. The molecule has 0 amide bonds. The van der Waals surface area contributed by atoms with Crippen LogP contribution in [-0.4, -0.2) is 48.8 Å². The van der Waals surface area contributed by atoms with Crippen LogP contribution in [0.4, 0.5) is 0 Å². The summed E-state index contributed by atoms with van der Waals surface area (Å²) in [5.41, 5.74) is 3.31. The number of carbonyl (C=O) groups is 1. The quantitative estimate of drug-likeness (QED) is 0.140. The number of fused-ring (bicyclic) bond motifs is 1. The van der Waals surface area contributed by atoms with Crippen molar-refractivity contribution in [2.45, 2.75) is 150 Å². The van der Waals surface area contributed by atoms with Crippen LogP contribution < -0.4 is 0 Å². The Morgan fingerprint density at radius 3 is 2.51 bits per heavy atom. The Morgan fingerprint density at radius 1 is 1.21 bits per heavy atom. The van der Waals surface area contributed by atoms with Crippen LogP contribution in [0.15, 0.2) is 46.9 Å². The number of carbonyl (C=O) groups excluding carboxylic acids is 1. The number of ether oxygens (including phenoxy) is 2. The number of aromatic nitrogens is 1. The lowest BCUT2D eigenvalue weighted by atomic mass is 9.71. The molecule has 0 spiro atoms. The smallest absolute Gasteiger partial charge is 0.192 e. The van der Waals surface area contributed by atoms with Crippen molar-refractivity contribution in [2.24, 2.45) is 17.3 Å². The third-order valence-corrected chi connectivity index (χ3v) is 15.0. The minimum Gasteiger partial charge on any atom is -0.441 e. The number of aliphatic hydroxyl groups excluding tert-OH is 1. The summed E-state index contributed by atoms with van der Waals surface area (Å²) in [5, 5.41) is 11.6. The number of Topliss-reactive ketones (excluding diaryl/α,β-unsaturated/α-hetero) is 1. The monoisotopic (exact) mass is 669 g/mol. The van der Waals surface area contributed by atoms with E-state index in [0.717, 1.165) is 42.3 Å². The van der Waals surface area contributed by atoms with Gasteiger partial charge in [0.1, 0.15) is 11.3 Å². The molecule has 7 nitrogen and oxygen atoms in total. The zero-order valence-electron chi connectivity index (χ0n) is 31.4. The van der Waals surface area contributed by atoms with Crippen molar-refractivity contribution >= 4 is 25.2 Å². The highest BCUT2D eigenvalue weighted by Gasteiger charge is 2.47. The molecule has 8 heteroatoms. The number of rotatable bonds is 16. The van der Waals surface area contributed by atoms with Gasteiger partial charge in [0, 0.05) is 12.8 Å². The van der Waals surface area contributed by atoms with Crippen LogP contribution in [0.5, 0.6) is 0 Å². The summed E-state index contributed by atoms with van der Waals surface area (Å²) in [6, 6.07) is 6.21. The molecule has 0 saturated carbocycles. The van der Waals surface area contributed by atoms with Gasteiger partial charge in [-0.25, -0.2) is 4.98 Å². The molecule has 1 aromatic carbocycles. The van der Waals surface area contributed by atoms with Crippen molar-refractivity contribution in [3.05, 3.63) is 54.0 Å². The van der Waals surface area contributed by atoms with Gasteiger partial charge >= 0.3 is 0 Å². The lowest BCUT2D eigenvalue weighted by Gasteiger charge is -2.44. The van der Waals surface area contributed by atoms with E-state index < -0.39 is 31.5 Å². The van der Waals surface area contributed by atoms with Gasteiger partial charge in [0.25, 0.3) is 0 Å². The van der Waals surface area contributed by atoms with Crippen LogP contribution in [-0.2, 0) is 18.7 Å². The molecule has 1 unspecified atom stereocenters. The van der Waals surface area contributed by atoms with Gasteiger partial charge in [-0.1, -0.05) is 65.3 Å². The largest absolute Gasteiger partial charge is 0.441 e. The fraction of sp³-hybridized carbons (Fsp3) is 0.692.